The number of nitrogens with zero attached hydrogens (tertiary/aromatic N) is 1. The SMILES string of the molecule is Nc1ccc(/C=C/C(=O)N2CCCCC2CCO)cc1. The fourth-order valence-electron chi connectivity index (χ4n) is 2.61. The van der Waals surface area contributed by atoms with Gasteiger partial charge in [-0.15, -0.1) is 0 Å². The predicted octanol–water partition coefficient (Wildman–Crippen LogP) is 2.05. The summed E-state index contributed by atoms with van der Waals surface area (Å²) in [5, 5.41) is 9.08. The third-order valence-electron chi connectivity index (χ3n) is 3.73. The molecule has 1 fully saturated rings. The van der Waals surface area contributed by atoms with Gasteiger partial charge in [0.2, 0.25) is 5.91 Å². The molecule has 2 rings (SSSR count). The van der Waals surface area contributed by atoms with Crippen molar-refractivity contribution in [1.82, 2.24) is 4.90 Å². The first-order valence-electron chi connectivity index (χ1n) is 7.16. The van der Waals surface area contributed by atoms with E-state index in [0.29, 0.717) is 12.1 Å². The van der Waals surface area contributed by atoms with Crippen molar-refractivity contribution in [2.45, 2.75) is 31.7 Å². The molecule has 4 nitrogen and oxygen atoms in total. The van der Waals surface area contributed by atoms with Crippen LogP contribution in [0.2, 0.25) is 0 Å². The Kier molecular flexibility index (Phi) is 5.18. The van der Waals surface area contributed by atoms with E-state index in [1.807, 2.05) is 35.2 Å². The van der Waals surface area contributed by atoms with Gasteiger partial charge in [-0.1, -0.05) is 12.1 Å². The second-order valence-corrected chi connectivity index (χ2v) is 5.19. The van der Waals surface area contributed by atoms with Crippen LogP contribution in [-0.4, -0.2) is 35.1 Å². The quantitative estimate of drug-likeness (QED) is 0.652. The zero-order valence-corrected chi connectivity index (χ0v) is 11.7. The summed E-state index contributed by atoms with van der Waals surface area (Å²) in [5.41, 5.74) is 7.30. The highest BCUT2D eigenvalue weighted by Gasteiger charge is 2.24. The lowest BCUT2D eigenvalue weighted by atomic mass is 9.99. The number of piperidine rings is 1. The van der Waals surface area contributed by atoms with Gasteiger partial charge in [-0.05, 0) is 49.5 Å². The van der Waals surface area contributed by atoms with E-state index < -0.39 is 0 Å². The number of nitrogen functional groups attached to an aromatic ring is 1. The van der Waals surface area contributed by atoms with Crippen molar-refractivity contribution in [2.75, 3.05) is 18.9 Å². The molecule has 0 radical (unpaired) electrons. The number of hydrogen-bond acceptors (Lipinski definition) is 3. The van der Waals surface area contributed by atoms with Crippen LogP contribution in [-0.2, 0) is 4.79 Å². The number of likely N-dealkylation sites (tertiary alicyclic amines) is 1. The van der Waals surface area contributed by atoms with Crippen LogP contribution in [0.1, 0.15) is 31.2 Å². The van der Waals surface area contributed by atoms with Crippen LogP contribution in [0.4, 0.5) is 5.69 Å². The molecule has 0 bridgehead atoms. The zero-order chi connectivity index (χ0) is 14.4. The number of amides is 1. The van der Waals surface area contributed by atoms with Gasteiger partial charge in [0.05, 0.1) is 0 Å². The standard InChI is InChI=1S/C16H22N2O2/c17-14-7-4-13(5-8-14)6-9-16(20)18-11-2-1-3-15(18)10-12-19/h4-9,15,19H,1-3,10-12,17H2/b9-6+. The molecule has 1 amide bonds. The maximum atomic E-state index is 12.3. The minimum atomic E-state index is 0.0278. The number of rotatable bonds is 4. The fraction of sp³-hybridized carbons (Fsp3) is 0.438. The van der Waals surface area contributed by atoms with Crippen molar-refractivity contribution in [3.8, 4) is 0 Å². The van der Waals surface area contributed by atoms with Gasteiger partial charge in [-0.25, -0.2) is 0 Å². The molecule has 1 unspecified atom stereocenters. The van der Waals surface area contributed by atoms with Gasteiger partial charge < -0.3 is 15.7 Å². The molecule has 4 heteroatoms. The number of carbonyl (C=O) groups excluding carboxylic acids is 1. The number of aliphatic hydroxyl groups excluding tert-OH is 1. The first kappa shape index (κ1) is 14.6. The van der Waals surface area contributed by atoms with Crippen LogP contribution < -0.4 is 5.73 Å². The molecule has 0 aromatic heterocycles. The molecule has 108 valence electrons. The van der Waals surface area contributed by atoms with Gasteiger partial charge in [-0.2, -0.15) is 0 Å². The molecule has 1 aliphatic heterocycles. The Hall–Kier alpha value is -1.81. The van der Waals surface area contributed by atoms with Crippen LogP contribution in [0.25, 0.3) is 6.08 Å². The van der Waals surface area contributed by atoms with Gasteiger partial charge in [-0.3, -0.25) is 4.79 Å². The fourth-order valence-corrected chi connectivity index (χ4v) is 2.61. The van der Waals surface area contributed by atoms with Crippen molar-refractivity contribution < 1.29 is 9.90 Å². The highest BCUT2D eigenvalue weighted by atomic mass is 16.3. The summed E-state index contributed by atoms with van der Waals surface area (Å²) in [6.07, 6.45) is 7.26. The van der Waals surface area contributed by atoms with Gasteiger partial charge in [0.25, 0.3) is 0 Å². The monoisotopic (exact) mass is 274 g/mol. The Bertz CT molecular complexity index is 466. The van der Waals surface area contributed by atoms with Gasteiger partial charge in [0.1, 0.15) is 0 Å². The molecule has 1 aromatic carbocycles. The highest BCUT2D eigenvalue weighted by Crippen LogP contribution is 2.20. The van der Waals surface area contributed by atoms with Crippen LogP contribution in [0.5, 0.6) is 0 Å². The molecule has 3 N–H and O–H groups in total. The first-order valence-corrected chi connectivity index (χ1v) is 7.16. The predicted molar refractivity (Wildman–Crippen MR) is 80.9 cm³/mol. The van der Waals surface area contributed by atoms with E-state index >= 15 is 0 Å². The van der Waals surface area contributed by atoms with E-state index in [9.17, 15) is 4.79 Å². The normalized spacial score (nSPS) is 19.4. The molecule has 1 heterocycles. The Morgan fingerprint density at radius 3 is 2.80 bits per heavy atom. The van der Waals surface area contributed by atoms with Crippen molar-refractivity contribution in [2.24, 2.45) is 0 Å². The van der Waals surface area contributed by atoms with E-state index in [1.165, 1.54) is 0 Å². The molecule has 0 spiro atoms. The largest absolute Gasteiger partial charge is 0.399 e. The number of hydrogen-bond donors (Lipinski definition) is 2. The lowest BCUT2D eigenvalue weighted by Crippen LogP contribution is -2.43. The lowest BCUT2D eigenvalue weighted by molar-refractivity contribution is -0.129. The van der Waals surface area contributed by atoms with Crippen LogP contribution >= 0.6 is 0 Å². The zero-order valence-electron chi connectivity index (χ0n) is 11.7. The molecule has 0 saturated carbocycles. The minimum absolute atomic E-state index is 0.0278. The minimum Gasteiger partial charge on any atom is -0.399 e. The van der Waals surface area contributed by atoms with Gasteiger partial charge >= 0.3 is 0 Å². The number of carbonyl (C=O) groups is 1. The third kappa shape index (κ3) is 3.84. The van der Waals surface area contributed by atoms with E-state index in [-0.39, 0.29) is 18.6 Å². The summed E-state index contributed by atoms with van der Waals surface area (Å²) in [6, 6.07) is 7.59. The molecular weight excluding hydrogens is 252 g/mol. The molecule has 20 heavy (non-hydrogen) atoms. The number of nitrogens with two attached hydrogens (primary N) is 1. The lowest BCUT2D eigenvalue weighted by Gasteiger charge is -2.34. The highest BCUT2D eigenvalue weighted by molar-refractivity contribution is 5.92. The summed E-state index contributed by atoms with van der Waals surface area (Å²) in [5.74, 6) is 0.0278. The van der Waals surface area contributed by atoms with Gasteiger partial charge in [0, 0.05) is 31.0 Å². The summed E-state index contributed by atoms with van der Waals surface area (Å²) >= 11 is 0. The Labute approximate surface area is 119 Å². The molecule has 1 aromatic rings. The maximum Gasteiger partial charge on any atom is 0.246 e. The third-order valence-corrected chi connectivity index (χ3v) is 3.73. The average molecular weight is 274 g/mol. The molecule has 1 saturated heterocycles. The summed E-state index contributed by atoms with van der Waals surface area (Å²) in [4.78, 5) is 14.1. The molecule has 0 aliphatic carbocycles. The first-order chi connectivity index (χ1) is 9.70. The van der Waals surface area contributed by atoms with Crippen LogP contribution in [0.3, 0.4) is 0 Å². The van der Waals surface area contributed by atoms with E-state index in [2.05, 4.69) is 0 Å². The van der Waals surface area contributed by atoms with E-state index in [0.717, 1.165) is 31.4 Å². The Balaban J connectivity index is 2.00. The van der Waals surface area contributed by atoms with E-state index in [4.69, 9.17) is 10.8 Å². The van der Waals surface area contributed by atoms with Crippen molar-refractivity contribution in [3.63, 3.8) is 0 Å². The molecule has 1 atom stereocenters. The molecule has 1 aliphatic rings. The summed E-state index contributed by atoms with van der Waals surface area (Å²) in [6.45, 7) is 0.922. The van der Waals surface area contributed by atoms with Crippen LogP contribution in [0.15, 0.2) is 30.3 Å². The second-order valence-electron chi connectivity index (χ2n) is 5.19. The number of anilines is 1. The topological polar surface area (TPSA) is 66.6 Å². The van der Waals surface area contributed by atoms with Crippen molar-refractivity contribution in [1.29, 1.82) is 0 Å². The molecular formula is C16H22N2O2. The number of aliphatic hydroxyl groups is 1. The summed E-state index contributed by atoms with van der Waals surface area (Å²) < 4.78 is 0. The van der Waals surface area contributed by atoms with Crippen molar-refractivity contribution in [3.05, 3.63) is 35.9 Å². The second kappa shape index (κ2) is 7.10. The smallest absolute Gasteiger partial charge is 0.246 e. The van der Waals surface area contributed by atoms with Gasteiger partial charge in [0.15, 0.2) is 0 Å². The average Bonchev–Trinajstić information content (AvgIpc) is 2.47. The Morgan fingerprint density at radius 2 is 2.10 bits per heavy atom. The maximum absolute atomic E-state index is 12.3. The van der Waals surface area contributed by atoms with Crippen molar-refractivity contribution >= 4 is 17.7 Å². The number of benzene rings is 1. The van der Waals surface area contributed by atoms with E-state index in [1.54, 1.807) is 6.08 Å². The van der Waals surface area contributed by atoms with Crippen LogP contribution in [0, 0.1) is 0 Å². The Morgan fingerprint density at radius 1 is 1.35 bits per heavy atom. The summed E-state index contributed by atoms with van der Waals surface area (Å²) in [7, 11) is 0.